The van der Waals surface area contributed by atoms with Gasteiger partial charge in [-0.3, -0.25) is 15.0 Å². The first kappa shape index (κ1) is 20.5. The Kier molecular flexibility index (Phi) is 7.45. The highest BCUT2D eigenvalue weighted by molar-refractivity contribution is 6.31. The minimum absolute atomic E-state index is 0.0463. The lowest BCUT2D eigenvalue weighted by atomic mass is 10.2. The number of amides is 4. The quantitative estimate of drug-likeness (QED) is 0.564. The molecule has 0 radical (unpaired) electrons. The Balaban J connectivity index is 1.71. The number of hydrogen-bond donors (Lipinski definition) is 4. The van der Waals surface area contributed by atoms with E-state index in [0.29, 0.717) is 21.4 Å². The summed E-state index contributed by atoms with van der Waals surface area (Å²) in [7, 11) is 0. The number of anilines is 2. The highest BCUT2D eigenvalue weighted by Gasteiger charge is 2.10. The molecule has 9 heteroatoms. The molecule has 2 aromatic rings. The molecule has 0 bridgehead atoms. The van der Waals surface area contributed by atoms with Crippen LogP contribution in [0.4, 0.5) is 16.2 Å². The van der Waals surface area contributed by atoms with Gasteiger partial charge in [0.2, 0.25) is 11.8 Å². The Hall–Kier alpha value is -2.77. The van der Waals surface area contributed by atoms with Crippen LogP contribution in [-0.4, -0.2) is 17.8 Å². The zero-order valence-electron chi connectivity index (χ0n) is 14.4. The van der Waals surface area contributed by atoms with Gasteiger partial charge in [-0.2, -0.15) is 0 Å². The van der Waals surface area contributed by atoms with Crippen LogP contribution in [0.2, 0.25) is 10.0 Å². The number of carbonyl (C=O) groups excluding carboxylic acids is 3. The Morgan fingerprint density at radius 2 is 1.59 bits per heavy atom. The second-order valence-electron chi connectivity index (χ2n) is 5.60. The maximum absolute atomic E-state index is 11.9. The molecule has 2 aromatic carbocycles. The molecule has 0 aliphatic rings. The first-order valence-electron chi connectivity index (χ1n) is 8.01. The van der Waals surface area contributed by atoms with Crippen molar-refractivity contribution in [1.29, 1.82) is 0 Å². The van der Waals surface area contributed by atoms with E-state index >= 15 is 0 Å². The lowest BCUT2D eigenvalue weighted by molar-refractivity contribution is -0.124. The molecule has 4 amide bonds. The first-order chi connectivity index (χ1) is 12.8. The minimum Gasteiger partial charge on any atom is -0.326 e. The molecule has 0 aromatic heterocycles. The number of nitrogens with one attached hydrogen (secondary N) is 4. The fourth-order valence-corrected chi connectivity index (χ4v) is 2.47. The van der Waals surface area contributed by atoms with Crippen molar-refractivity contribution in [2.45, 2.75) is 19.8 Å². The number of hydrogen-bond acceptors (Lipinski definition) is 3. The van der Waals surface area contributed by atoms with Gasteiger partial charge in [0.25, 0.3) is 0 Å². The number of halogens is 2. The van der Waals surface area contributed by atoms with Gasteiger partial charge in [-0.05, 0) is 42.8 Å². The van der Waals surface area contributed by atoms with Crippen molar-refractivity contribution in [3.05, 3.63) is 58.1 Å². The van der Waals surface area contributed by atoms with Crippen LogP contribution in [0.1, 0.15) is 18.4 Å². The SMILES string of the molecule is Cc1c(Cl)cccc1NC(=O)CCC(=O)NNC(=O)Nc1cccc(Cl)c1. The Labute approximate surface area is 166 Å². The van der Waals surface area contributed by atoms with Gasteiger partial charge in [-0.25, -0.2) is 10.2 Å². The van der Waals surface area contributed by atoms with E-state index in [-0.39, 0.29) is 18.7 Å². The van der Waals surface area contributed by atoms with Crippen molar-refractivity contribution >= 4 is 52.4 Å². The van der Waals surface area contributed by atoms with Gasteiger partial charge in [0.1, 0.15) is 0 Å². The largest absolute Gasteiger partial charge is 0.337 e. The van der Waals surface area contributed by atoms with E-state index in [1.807, 2.05) is 0 Å². The average Bonchev–Trinajstić information content (AvgIpc) is 2.62. The van der Waals surface area contributed by atoms with E-state index in [2.05, 4.69) is 21.5 Å². The summed E-state index contributed by atoms with van der Waals surface area (Å²) in [5.74, 6) is -0.840. The Bertz CT molecular complexity index is 858. The smallest absolute Gasteiger partial charge is 0.326 e. The molecule has 0 aliphatic heterocycles. The highest BCUT2D eigenvalue weighted by Crippen LogP contribution is 2.23. The summed E-state index contributed by atoms with van der Waals surface area (Å²) in [5.41, 5.74) is 6.23. The second-order valence-corrected chi connectivity index (χ2v) is 6.44. The lowest BCUT2D eigenvalue weighted by Crippen LogP contribution is -2.44. The van der Waals surface area contributed by atoms with E-state index in [1.54, 1.807) is 49.4 Å². The number of urea groups is 1. The zero-order chi connectivity index (χ0) is 19.8. The van der Waals surface area contributed by atoms with Crippen LogP contribution in [0.3, 0.4) is 0 Å². The summed E-state index contributed by atoms with van der Waals surface area (Å²) in [4.78, 5) is 35.4. The molecule has 0 heterocycles. The van der Waals surface area contributed by atoms with Crippen molar-refractivity contribution in [1.82, 2.24) is 10.9 Å². The standard InChI is InChI=1S/C18H18Cl2N4O3/c1-11-14(20)6-3-7-15(11)22-16(25)8-9-17(26)23-24-18(27)21-13-5-2-4-12(19)10-13/h2-7,10H,8-9H2,1H3,(H,22,25)(H,23,26)(H2,21,24,27). The summed E-state index contributed by atoms with van der Waals surface area (Å²) >= 11 is 11.8. The minimum atomic E-state index is -0.635. The number of hydrazine groups is 1. The fourth-order valence-electron chi connectivity index (χ4n) is 2.10. The summed E-state index contributed by atoms with van der Waals surface area (Å²) in [5, 5.41) is 6.21. The van der Waals surface area contributed by atoms with E-state index in [1.165, 1.54) is 0 Å². The van der Waals surface area contributed by atoms with Crippen LogP contribution in [0, 0.1) is 6.92 Å². The molecule has 4 N–H and O–H groups in total. The van der Waals surface area contributed by atoms with E-state index < -0.39 is 11.9 Å². The summed E-state index contributed by atoms with van der Waals surface area (Å²) < 4.78 is 0. The Morgan fingerprint density at radius 3 is 2.33 bits per heavy atom. The molecular weight excluding hydrogens is 391 g/mol. The van der Waals surface area contributed by atoms with Crippen LogP contribution < -0.4 is 21.5 Å². The summed E-state index contributed by atoms with van der Waals surface area (Å²) in [6.07, 6.45) is -0.141. The predicted molar refractivity (Wildman–Crippen MR) is 106 cm³/mol. The molecule has 0 atom stereocenters. The van der Waals surface area contributed by atoms with Crippen LogP contribution in [0.25, 0.3) is 0 Å². The normalized spacial score (nSPS) is 10.0. The van der Waals surface area contributed by atoms with E-state index in [0.717, 1.165) is 5.56 Å². The van der Waals surface area contributed by atoms with Crippen molar-refractivity contribution in [2.75, 3.05) is 10.6 Å². The molecule has 142 valence electrons. The molecule has 0 unspecified atom stereocenters. The highest BCUT2D eigenvalue weighted by atomic mass is 35.5. The van der Waals surface area contributed by atoms with Crippen molar-refractivity contribution in [2.24, 2.45) is 0 Å². The van der Waals surface area contributed by atoms with Gasteiger partial charge < -0.3 is 10.6 Å². The number of carbonyl (C=O) groups is 3. The Morgan fingerprint density at radius 1 is 0.889 bits per heavy atom. The zero-order valence-corrected chi connectivity index (χ0v) is 15.9. The van der Waals surface area contributed by atoms with Crippen molar-refractivity contribution < 1.29 is 14.4 Å². The molecule has 0 saturated carbocycles. The van der Waals surface area contributed by atoms with Crippen LogP contribution in [0.5, 0.6) is 0 Å². The topological polar surface area (TPSA) is 99.3 Å². The summed E-state index contributed by atoms with van der Waals surface area (Å²) in [6.45, 7) is 1.78. The summed E-state index contributed by atoms with van der Waals surface area (Å²) in [6, 6.07) is 11.1. The van der Waals surface area contributed by atoms with Crippen LogP contribution in [-0.2, 0) is 9.59 Å². The second kappa shape index (κ2) is 9.80. The van der Waals surface area contributed by atoms with Crippen molar-refractivity contribution in [3.8, 4) is 0 Å². The van der Waals surface area contributed by atoms with Gasteiger partial charge in [-0.15, -0.1) is 0 Å². The first-order valence-corrected chi connectivity index (χ1v) is 8.77. The molecule has 7 nitrogen and oxygen atoms in total. The van der Waals surface area contributed by atoms with Gasteiger partial charge >= 0.3 is 6.03 Å². The third-order valence-corrected chi connectivity index (χ3v) is 4.16. The fraction of sp³-hybridized carbons (Fsp3) is 0.167. The molecule has 0 fully saturated rings. The number of rotatable bonds is 5. The maximum atomic E-state index is 11.9. The van der Waals surface area contributed by atoms with Gasteiger partial charge in [0.15, 0.2) is 0 Å². The average molecular weight is 409 g/mol. The number of benzene rings is 2. The molecule has 0 saturated heterocycles. The molecule has 2 rings (SSSR count). The molecule has 0 aliphatic carbocycles. The van der Waals surface area contributed by atoms with Crippen molar-refractivity contribution in [3.63, 3.8) is 0 Å². The predicted octanol–water partition coefficient (Wildman–Crippen LogP) is 3.87. The third-order valence-electron chi connectivity index (χ3n) is 3.52. The molecule has 0 spiro atoms. The maximum Gasteiger partial charge on any atom is 0.337 e. The molecular formula is C18H18Cl2N4O3. The van der Waals surface area contributed by atoms with Gasteiger partial charge in [0, 0.05) is 34.3 Å². The van der Waals surface area contributed by atoms with Crippen LogP contribution in [0.15, 0.2) is 42.5 Å². The van der Waals surface area contributed by atoms with E-state index in [9.17, 15) is 14.4 Å². The van der Waals surface area contributed by atoms with Gasteiger partial charge in [-0.1, -0.05) is 35.3 Å². The van der Waals surface area contributed by atoms with Crippen LogP contribution >= 0.6 is 23.2 Å². The third kappa shape index (κ3) is 6.80. The van der Waals surface area contributed by atoms with E-state index in [4.69, 9.17) is 23.2 Å². The lowest BCUT2D eigenvalue weighted by Gasteiger charge is -2.10. The van der Waals surface area contributed by atoms with Gasteiger partial charge in [0.05, 0.1) is 0 Å². The monoisotopic (exact) mass is 408 g/mol. The molecule has 27 heavy (non-hydrogen) atoms.